The molecule has 108 valence electrons. The summed E-state index contributed by atoms with van der Waals surface area (Å²) in [7, 11) is 0. The normalized spacial score (nSPS) is 12.7. The van der Waals surface area contributed by atoms with Crippen LogP contribution in [-0.2, 0) is 12.8 Å². The Bertz CT molecular complexity index is 695. The van der Waals surface area contributed by atoms with Crippen LogP contribution in [0.4, 0.5) is 0 Å². The molecule has 2 aromatic rings. The highest BCUT2D eigenvalue weighted by atomic mass is 79.9. The molecule has 3 rings (SSSR count). The number of fused-ring (bicyclic) bond motifs is 1. The largest absolute Gasteiger partial charge is 0.0795 e. The van der Waals surface area contributed by atoms with Gasteiger partial charge in [0.25, 0.3) is 0 Å². The Labute approximate surface area is 136 Å². The molecule has 0 saturated heterocycles. The molecule has 0 amide bonds. The van der Waals surface area contributed by atoms with Crippen molar-refractivity contribution in [1.29, 1.82) is 0 Å². The Morgan fingerprint density at radius 2 is 1.95 bits per heavy atom. The van der Waals surface area contributed by atoms with Gasteiger partial charge in [-0.25, -0.2) is 0 Å². The number of benzene rings is 2. The molecule has 21 heavy (non-hydrogen) atoms. The van der Waals surface area contributed by atoms with Gasteiger partial charge in [0.05, 0.1) is 0 Å². The minimum absolute atomic E-state index is 1.06. The summed E-state index contributed by atoms with van der Waals surface area (Å²) in [6.07, 6.45) is 9.23. The molecule has 0 aromatic heterocycles. The Kier molecular flexibility index (Phi) is 4.30. The highest BCUT2D eigenvalue weighted by molar-refractivity contribution is 9.10. The number of aryl methyl sites for hydroxylation is 1. The van der Waals surface area contributed by atoms with Crippen molar-refractivity contribution in [2.24, 2.45) is 0 Å². The monoisotopic (exact) mass is 340 g/mol. The average Bonchev–Trinajstić information content (AvgIpc) is 2.98. The van der Waals surface area contributed by atoms with Gasteiger partial charge >= 0.3 is 0 Å². The molecule has 0 atom stereocenters. The molecule has 1 heteroatoms. The molecular weight excluding hydrogens is 320 g/mol. The molecule has 2 aromatic carbocycles. The summed E-state index contributed by atoms with van der Waals surface area (Å²) < 4.78 is 1.25. The van der Waals surface area contributed by atoms with Gasteiger partial charge in [-0.3, -0.25) is 0 Å². The third-order valence-electron chi connectivity index (χ3n) is 4.36. The molecule has 0 saturated carbocycles. The first kappa shape index (κ1) is 14.6. The summed E-state index contributed by atoms with van der Waals surface area (Å²) in [5.41, 5.74) is 8.41. The van der Waals surface area contributed by atoms with E-state index in [9.17, 15) is 0 Å². The smallest absolute Gasteiger partial charge is 0.0289 e. The van der Waals surface area contributed by atoms with E-state index in [0.717, 1.165) is 12.8 Å². The first-order valence-corrected chi connectivity index (χ1v) is 8.58. The van der Waals surface area contributed by atoms with Crippen LogP contribution >= 0.6 is 15.9 Å². The van der Waals surface area contributed by atoms with E-state index in [2.05, 4.69) is 72.3 Å². The quantitative estimate of drug-likeness (QED) is 0.609. The molecule has 0 N–H and O–H groups in total. The summed E-state index contributed by atoms with van der Waals surface area (Å²) in [5.74, 6) is 0. The SMILES string of the molecule is CCCCc1ccccc1-c1cc2c(c(C)c1Br)C=CC2. The zero-order chi connectivity index (χ0) is 14.8. The summed E-state index contributed by atoms with van der Waals surface area (Å²) in [6, 6.07) is 11.2. The molecule has 0 spiro atoms. The van der Waals surface area contributed by atoms with Crippen LogP contribution in [0.1, 0.15) is 42.0 Å². The third-order valence-corrected chi connectivity index (χ3v) is 5.39. The second-order valence-corrected chi connectivity index (χ2v) is 6.60. The summed E-state index contributed by atoms with van der Waals surface area (Å²) >= 11 is 3.84. The predicted molar refractivity (Wildman–Crippen MR) is 95.7 cm³/mol. The van der Waals surface area contributed by atoms with Gasteiger partial charge < -0.3 is 0 Å². The zero-order valence-electron chi connectivity index (χ0n) is 12.7. The summed E-state index contributed by atoms with van der Waals surface area (Å²) in [4.78, 5) is 0. The van der Waals surface area contributed by atoms with Crippen LogP contribution in [0.15, 0.2) is 40.9 Å². The number of unbranched alkanes of at least 4 members (excludes halogenated alkanes) is 1. The van der Waals surface area contributed by atoms with Crippen molar-refractivity contribution < 1.29 is 0 Å². The van der Waals surface area contributed by atoms with Gasteiger partial charge in [-0.05, 0) is 81.6 Å². The van der Waals surface area contributed by atoms with E-state index < -0.39 is 0 Å². The van der Waals surface area contributed by atoms with E-state index >= 15 is 0 Å². The van der Waals surface area contributed by atoms with Crippen LogP contribution < -0.4 is 0 Å². The van der Waals surface area contributed by atoms with Crippen LogP contribution in [0, 0.1) is 6.92 Å². The number of halogens is 1. The second-order valence-electron chi connectivity index (χ2n) is 5.80. The molecular formula is C20H21Br. The van der Waals surface area contributed by atoms with Crippen LogP contribution in [0.5, 0.6) is 0 Å². The van der Waals surface area contributed by atoms with Gasteiger partial charge in [-0.2, -0.15) is 0 Å². The minimum Gasteiger partial charge on any atom is -0.0795 e. The van der Waals surface area contributed by atoms with Crippen LogP contribution in [0.3, 0.4) is 0 Å². The van der Waals surface area contributed by atoms with Crippen molar-refractivity contribution >= 4 is 22.0 Å². The minimum atomic E-state index is 1.06. The Morgan fingerprint density at radius 3 is 2.76 bits per heavy atom. The maximum absolute atomic E-state index is 3.84. The van der Waals surface area contributed by atoms with Gasteiger partial charge in [-0.15, -0.1) is 0 Å². The van der Waals surface area contributed by atoms with E-state index in [1.807, 2.05) is 0 Å². The molecule has 0 aliphatic heterocycles. The van der Waals surface area contributed by atoms with Crippen molar-refractivity contribution in [3.05, 3.63) is 63.1 Å². The summed E-state index contributed by atoms with van der Waals surface area (Å²) in [6.45, 7) is 4.47. The molecule has 0 fully saturated rings. The predicted octanol–water partition coefficient (Wildman–Crippen LogP) is 6.34. The number of allylic oxidation sites excluding steroid dienone is 1. The third kappa shape index (κ3) is 2.72. The van der Waals surface area contributed by atoms with Crippen molar-refractivity contribution in [2.75, 3.05) is 0 Å². The van der Waals surface area contributed by atoms with Crippen molar-refractivity contribution in [2.45, 2.75) is 39.5 Å². The fourth-order valence-corrected chi connectivity index (χ4v) is 3.69. The standard InChI is InChI=1S/C20H21Br/c1-3-4-8-15-9-5-6-11-18(15)19-13-16-10-7-12-17(16)14(2)20(19)21/h5-7,9,11-13H,3-4,8,10H2,1-2H3. The maximum atomic E-state index is 3.84. The lowest BCUT2D eigenvalue weighted by Gasteiger charge is -2.16. The van der Waals surface area contributed by atoms with E-state index in [4.69, 9.17) is 0 Å². The molecule has 0 bridgehead atoms. The Balaban J connectivity index is 2.12. The average molecular weight is 341 g/mol. The highest BCUT2D eigenvalue weighted by Crippen LogP contribution is 2.39. The zero-order valence-corrected chi connectivity index (χ0v) is 14.3. The highest BCUT2D eigenvalue weighted by Gasteiger charge is 2.16. The molecule has 1 aliphatic carbocycles. The van der Waals surface area contributed by atoms with E-state index in [0.29, 0.717) is 0 Å². The van der Waals surface area contributed by atoms with Crippen LogP contribution in [-0.4, -0.2) is 0 Å². The lowest BCUT2D eigenvalue weighted by Crippen LogP contribution is -1.95. The topological polar surface area (TPSA) is 0 Å². The van der Waals surface area contributed by atoms with Crippen molar-refractivity contribution in [3.8, 4) is 11.1 Å². The first-order chi connectivity index (χ1) is 10.2. The number of hydrogen-bond acceptors (Lipinski definition) is 0. The van der Waals surface area contributed by atoms with Gasteiger partial charge in [0.2, 0.25) is 0 Å². The number of hydrogen-bond donors (Lipinski definition) is 0. The van der Waals surface area contributed by atoms with Gasteiger partial charge in [0, 0.05) is 4.47 Å². The van der Waals surface area contributed by atoms with Gasteiger partial charge in [0.15, 0.2) is 0 Å². The fraction of sp³-hybridized carbons (Fsp3) is 0.300. The second kappa shape index (κ2) is 6.19. The van der Waals surface area contributed by atoms with Crippen molar-refractivity contribution in [3.63, 3.8) is 0 Å². The fourth-order valence-electron chi connectivity index (χ4n) is 3.15. The molecule has 0 nitrogen and oxygen atoms in total. The molecule has 0 unspecified atom stereocenters. The van der Waals surface area contributed by atoms with E-state index in [-0.39, 0.29) is 0 Å². The molecule has 0 heterocycles. The Hall–Kier alpha value is -1.34. The summed E-state index contributed by atoms with van der Waals surface area (Å²) in [5, 5.41) is 0. The molecule has 0 radical (unpaired) electrons. The van der Waals surface area contributed by atoms with Crippen molar-refractivity contribution in [1.82, 2.24) is 0 Å². The van der Waals surface area contributed by atoms with Gasteiger partial charge in [-0.1, -0.05) is 49.8 Å². The number of rotatable bonds is 4. The van der Waals surface area contributed by atoms with Gasteiger partial charge in [0.1, 0.15) is 0 Å². The van der Waals surface area contributed by atoms with E-state index in [1.165, 1.54) is 50.7 Å². The maximum Gasteiger partial charge on any atom is 0.0289 e. The lowest BCUT2D eigenvalue weighted by atomic mass is 9.92. The van der Waals surface area contributed by atoms with E-state index in [1.54, 1.807) is 0 Å². The Morgan fingerprint density at radius 1 is 1.14 bits per heavy atom. The van der Waals surface area contributed by atoms with Crippen LogP contribution in [0.25, 0.3) is 17.2 Å². The lowest BCUT2D eigenvalue weighted by molar-refractivity contribution is 0.796. The molecule has 1 aliphatic rings. The first-order valence-electron chi connectivity index (χ1n) is 7.79. The van der Waals surface area contributed by atoms with Crippen LogP contribution in [0.2, 0.25) is 0 Å².